The van der Waals surface area contributed by atoms with Crippen LogP contribution in [0.15, 0.2) is 48.5 Å². The van der Waals surface area contributed by atoms with Crippen LogP contribution in [-0.4, -0.2) is 24.7 Å². The van der Waals surface area contributed by atoms with Crippen LogP contribution in [0, 0.1) is 13.8 Å². The SMILES string of the molecule is COc1ccc(NC(=O)c2cc(C)n(-c3ccccc3C(F)(F)F)c2C)c(OC)c1. The Morgan fingerprint density at radius 1 is 1.00 bits per heavy atom. The number of methoxy groups -OCH3 is 2. The third-order valence-electron chi connectivity index (χ3n) is 4.78. The second-order valence-electron chi connectivity index (χ2n) is 6.66. The molecule has 0 saturated heterocycles. The molecule has 8 heteroatoms. The van der Waals surface area contributed by atoms with Crippen LogP contribution in [0.3, 0.4) is 0 Å². The Morgan fingerprint density at radius 2 is 1.70 bits per heavy atom. The van der Waals surface area contributed by atoms with Gasteiger partial charge in [-0.15, -0.1) is 0 Å². The summed E-state index contributed by atoms with van der Waals surface area (Å²) in [5, 5.41) is 2.75. The van der Waals surface area contributed by atoms with E-state index >= 15 is 0 Å². The van der Waals surface area contributed by atoms with E-state index in [9.17, 15) is 18.0 Å². The highest BCUT2D eigenvalue weighted by atomic mass is 19.4. The van der Waals surface area contributed by atoms with Crippen molar-refractivity contribution < 1.29 is 27.4 Å². The van der Waals surface area contributed by atoms with Crippen LogP contribution in [0.1, 0.15) is 27.3 Å². The quantitative estimate of drug-likeness (QED) is 0.605. The zero-order valence-electron chi connectivity index (χ0n) is 16.9. The highest BCUT2D eigenvalue weighted by Gasteiger charge is 2.34. The van der Waals surface area contributed by atoms with Crippen molar-refractivity contribution in [2.45, 2.75) is 20.0 Å². The van der Waals surface area contributed by atoms with Gasteiger partial charge in [-0.3, -0.25) is 4.79 Å². The smallest absolute Gasteiger partial charge is 0.418 e. The van der Waals surface area contributed by atoms with Gasteiger partial charge in [-0.1, -0.05) is 12.1 Å². The lowest BCUT2D eigenvalue weighted by Crippen LogP contribution is -2.15. The number of hydrogen-bond acceptors (Lipinski definition) is 3. The Bertz CT molecular complexity index is 1090. The van der Waals surface area contributed by atoms with Crippen molar-refractivity contribution in [1.29, 1.82) is 0 Å². The molecule has 0 aliphatic rings. The summed E-state index contributed by atoms with van der Waals surface area (Å²) in [7, 11) is 2.98. The maximum Gasteiger partial charge on any atom is 0.418 e. The van der Waals surface area contributed by atoms with Gasteiger partial charge < -0.3 is 19.4 Å². The Morgan fingerprint density at radius 3 is 2.33 bits per heavy atom. The Kier molecular flexibility index (Phi) is 5.78. The molecule has 0 saturated carbocycles. The maximum absolute atomic E-state index is 13.5. The van der Waals surface area contributed by atoms with E-state index in [1.54, 1.807) is 38.1 Å². The maximum atomic E-state index is 13.5. The fraction of sp³-hybridized carbons (Fsp3) is 0.227. The first-order valence-electron chi connectivity index (χ1n) is 9.06. The first kappa shape index (κ1) is 21.3. The average molecular weight is 418 g/mol. The first-order chi connectivity index (χ1) is 14.2. The molecule has 3 rings (SSSR count). The summed E-state index contributed by atoms with van der Waals surface area (Å²) >= 11 is 0. The highest BCUT2D eigenvalue weighted by molar-refractivity contribution is 6.06. The van der Waals surface area contributed by atoms with Gasteiger partial charge in [0.15, 0.2) is 0 Å². The molecule has 2 aromatic carbocycles. The molecule has 30 heavy (non-hydrogen) atoms. The molecule has 1 N–H and O–H groups in total. The van der Waals surface area contributed by atoms with Crippen LogP contribution < -0.4 is 14.8 Å². The van der Waals surface area contributed by atoms with E-state index in [1.165, 1.54) is 37.0 Å². The number of amides is 1. The summed E-state index contributed by atoms with van der Waals surface area (Å²) in [6, 6.07) is 11.8. The number of anilines is 1. The van der Waals surface area contributed by atoms with E-state index < -0.39 is 17.6 Å². The van der Waals surface area contributed by atoms with E-state index in [0.29, 0.717) is 28.6 Å². The van der Waals surface area contributed by atoms with Crippen molar-refractivity contribution >= 4 is 11.6 Å². The van der Waals surface area contributed by atoms with Gasteiger partial charge in [-0.25, -0.2) is 0 Å². The van der Waals surface area contributed by atoms with Crippen molar-refractivity contribution in [3.63, 3.8) is 0 Å². The summed E-state index contributed by atoms with van der Waals surface area (Å²) in [6.45, 7) is 3.27. The number of alkyl halides is 3. The molecule has 0 aliphatic carbocycles. The number of hydrogen-bond donors (Lipinski definition) is 1. The molecule has 0 aliphatic heterocycles. The largest absolute Gasteiger partial charge is 0.497 e. The number of nitrogens with zero attached hydrogens (tertiary/aromatic N) is 1. The van der Waals surface area contributed by atoms with Crippen LogP contribution in [-0.2, 0) is 6.18 Å². The number of carbonyl (C=O) groups excluding carboxylic acids is 1. The van der Waals surface area contributed by atoms with Crippen LogP contribution >= 0.6 is 0 Å². The minimum Gasteiger partial charge on any atom is -0.497 e. The summed E-state index contributed by atoms with van der Waals surface area (Å²) in [4.78, 5) is 12.9. The first-order valence-corrected chi connectivity index (χ1v) is 9.06. The molecule has 1 heterocycles. The standard InChI is InChI=1S/C22H21F3N2O3/c1-13-11-16(21(28)26-18-10-9-15(29-3)12-20(18)30-4)14(2)27(13)19-8-6-5-7-17(19)22(23,24)25/h5-12H,1-4H3,(H,26,28). The van der Waals surface area contributed by atoms with Gasteiger partial charge in [0.2, 0.25) is 0 Å². The van der Waals surface area contributed by atoms with Crippen molar-refractivity contribution in [2.24, 2.45) is 0 Å². The number of aryl methyl sites for hydroxylation is 1. The van der Waals surface area contributed by atoms with E-state index in [-0.39, 0.29) is 11.3 Å². The molecule has 1 aromatic heterocycles. The lowest BCUT2D eigenvalue weighted by Gasteiger charge is -2.17. The molecule has 0 spiro atoms. The molecule has 0 atom stereocenters. The molecule has 0 unspecified atom stereocenters. The fourth-order valence-corrected chi connectivity index (χ4v) is 3.36. The van der Waals surface area contributed by atoms with Crippen molar-refractivity contribution in [1.82, 2.24) is 4.57 Å². The second kappa shape index (κ2) is 8.14. The summed E-state index contributed by atoms with van der Waals surface area (Å²) in [5.41, 5.74) is 0.799. The van der Waals surface area contributed by atoms with Crippen molar-refractivity contribution in [3.05, 3.63) is 71.0 Å². The van der Waals surface area contributed by atoms with Gasteiger partial charge in [0.25, 0.3) is 5.91 Å². The predicted octanol–water partition coefficient (Wildman–Crippen LogP) is 5.38. The molecule has 1 amide bonds. The molecule has 3 aromatic rings. The average Bonchev–Trinajstić information content (AvgIpc) is 3.01. The predicted molar refractivity (Wildman–Crippen MR) is 108 cm³/mol. The number of para-hydroxylation sites is 1. The van der Waals surface area contributed by atoms with Crippen LogP contribution in [0.4, 0.5) is 18.9 Å². The number of carbonyl (C=O) groups is 1. The molecule has 0 fully saturated rings. The third kappa shape index (κ3) is 3.98. The van der Waals surface area contributed by atoms with E-state index in [4.69, 9.17) is 9.47 Å². The van der Waals surface area contributed by atoms with Gasteiger partial charge in [-0.05, 0) is 44.2 Å². The Balaban J connectivity index is 2.01. The van der Waals surface area contributed by atoms with Crippen LogP contribution in [0.5, 0.6) is 11.5 Å². The zero-order chi connectivity index (χ0) is 22.1. The van der Waals surface area contributed by atoms with Crippen molar-refractivity contribution in [3.8, 4) is 17.2 Å². The normalized spacial score (nSPS) is 11.3. The van der Waals surface area contributed by atoms with Crippen LogP contribution in [0.2, 0.25) is 0 Å². The van der Waals surface area contributed by atoms with Gasteiger partial charge in [0.1, 0.15) is 11.5 Å². The number of nitrogens with one attached hydrogen (secondary N) is 1. The lowest BCUT2D eigenvalue weighted by molar-refractivity contribution is -0.137. The van der Waals surface area contributed by atoms with Gasteiger partial charge >= 0.3 is 6.18 Å². The van der Waals surface area contributed by atoms with E-state index in [2.05, 4.69) is 5.32 Å². The topological polar surface area (TPSA) is 52.5 Å². The van der Waals surface area contributed by atoms with Gasteiger partial charge in [-0.2, -0.15) is 13.2 Å². The van der Waals surface area contributed by atoms with Gasteiger partial charge in [0, 0.05) is 17.5 Å². The zero-order valence-corrected chi connectivity index (χ0v) is 16.9. The Hall–Kier alpha value is -3.42. The molecular weight excluding hydrogens is 397 g/mol. The lowest BCUT2D eigenvalue weighted by atomic mass is 10.1. The Labute approximate surface area is 172 Å². The number of benzene rings is 2. The van der Waals surface area contributed by atoms with E-state index in [1.807, 2.05) is 0 Å². The molecule has 0 radical (unpaired) electrons. The minimum absolute atomic E-state index is 0.0268. The summed E-state index contributed by atoms with van der Waals surface area (Å²) in [5.74, 6) is 0.507. The molecular formula is C22H21F3N2O3. The second-order valence-corrected chi connectivity index (χ2v) is 6.66. The van der Waals surface area contributed by atoms with E-state index in [0.717, 1.165) is 6.07 Å². The third-order valence-corrected chi connectivity index (χ3v) is 4.78. The fourth-order valence-electron chi connectivity index (χ4n) is 3.36. The van der Waals surface area contributed by atoms with Crippen molar-refractivity contribution in [2.75, 3.05) is 19.5 Å². The number of ether oxygens (including phenoxy) is 2. The highest BCUT2D eigenvalue weighted by Crippen LogP contribution is 2.36. The summed E-state index contributed by atoms with van der Waals surface area (Å²) in [6.07, 6.45) is -4.52. The molecule has 158 valence electrons. The molecule has 5 nitrogen and oxygen atoms in total. The number of aromatic nitrogens is 1. The van der Waals surface area contributed by atoms with Crippen LogP contribution in [0.25, 0.3) is 5.69 Å². The van der Waals surface area contributed by atoms with Gasteiger partial charge in [0.05, 0.1) is 36.7 Å². The monoisotopic (exact) mass is 418 g/mol. The minimum atomic E-state index is -4.52. The molecule has 0 bridgehead atoms. The number of rotatable bonds is 5. The number of halogens is 3. The summed E-state index contributed by atoms with van der Waals surface area (Å²) < 4.78 is 52.3.